The van der Waals surface area contributed by atoms with Gasteiger partial charge in [0.1, 0.15) is 0 Å². The van der Waals surface area contributed by atoms with E-state index in [4.69, 9.17) is 0 Å². The third-order valence-electron chi connectivity index (χ3n) is 1.06. The van der Waals surface area contributed by atoms with Crippen molar-refractivity contribution in [2.75, 3.05) is 31.1 Å². The fourth-order valence-corrected chi connectivity index (χ4v) is 1.48. The summed E-state index contributed by atoms with van der Waals surface area (Å²) in [6.07, 6.45) is 4.14. The average Bonchev–Trinajstić information content (AvgIpc) is 2.05. The molecule has 0 aromatic carbocycles. The Balaban J connectivity index is 0. The van der Waals surface area contributed by atoms with Gasteiger partial charge >= 0.3 is 0 Å². The molecule has 0 atom stereocenters. The molecular weight excluding hydrogens is 198 g/mol. The maximum absolute atomic E-state index is 3.73. The van der Waals surface area contributed by atoms with Gasteiger partial charge in [0.2, 0.25) is 0 Å². The zero-order valence-electron chi connectivity index (χ0n) is 9.14. The fraction of sp³-hybridized carbons (Fsp3) is 0.600. The van der Waals surface area contributed by atoms with Crippen LogP contribution in [0.15, 0.2) is 24.4 Å². The van der Waals surface area contributed by atoms with Crippen LogP contribution in [0.2, 0.25) is 0 Å². The van der Waals surface area contributed by atoms with Gasteiger partial charge in [-0.15, -0.1) is 0 Å². The molecule has 1 N–H and O–H groups in total. The van der Waals surface area contributed by atoms with Crippen LogP contribution < -0.4 is 5.32 Å². The van der Waals surface area contributed by atoms with E-state index in [1.165, 1.54) is 5.57 Å². The number of rotatable bonds is 5. The van der Waals surface area contributed by atoms with Crippen LogP contribution in [0.3, 0.4) is 0 Å². The van der Waals surface area contributed by atoms with E-state index in [9.17, 15) is 0 Å². The standard InChI is InChI=1S/C5H11NS.C5H10S/c1-5(6-2)4-7-3;1-5(2)4-6-3/h6H,1,4H2,2-3H3;1,4H2,2-3H3. The molecule has 0 rings (SSSR count). The fourth-order valence-electron chi connectivity index (χ4n) is 0.493. The molecule has 0 bridgehead atoms. The maximum atomic E-state index is 3.73. The van der Waals surface area contributed by atoms with Gasteiger partial charge in [-0.3, -0.25) is 0 Å². The van der Waals surface area contributed by atoms with E-state index < -0.39 is 0 Å². The summed E-state index contributed by atoms with van der Waals surface area (Å²) in [5, 5.41) is 2.95. The number of hydrogen-bond donors (Lipinski definition) is 1. The smallest absolute Gasteiger partial charge is 0.0323 e. The van der Waals surface area contributed by atoms with Gasteiger partial charge in [0.05, 0.1) is 0 Å². The maximum Gasteiger partial charge on any atom is 0.0323 e. The van der Waals surface area contributed by atoms with Gasteiger partial charge in [-0.1, -0.05) is 18.7 Å². The number of hydrogen-bond acceptors (Lipinski definition) is 3. The lowest BCUT2D eigenvalue weighted by molar-refractivity contribution is 1.01. The second-order valence-corrected chi connectivity index (χ2v) is 4.41. The lowest BCUT2D eigenvalue weighted by Gasteiger charge is -1.98. The Morgan fingerprint density at radius 1 is 1.15 bits per heavy atom. The summed E-state index contributed by atoms with van der Waals surface area (Å²) >= 11 is 3.58. The van der Waals surface area contributed by atoms with Crippen molar-refractivity contribution in [1.29, 1.82) is 0 Å². The molecule has 0 unspecified atom stereocenters. The molecule has 78 valence electrons. The Morgan fingerprint density at radius 3 is 1.69 bits per heavy atom. The molecule has 1 nitrogen and oxygen atoms in total. The minimum atomic E-state index is 1.01. The second-order valence-electron chi connectivity index (χ2n) is 2.68. The largest absolute Gasteiger partial charge is 0.391 e. The summed E-state index contributed by atoms with van der Waals surface area (Å²) in [6, 6.07) is 0. The zero-order chi connectivity index (χ0) is 10.7. The predicted octanol–water partition coefficient (Wildman–Crippen LogP) is 3.01. The minimum Gasteiger partial charge on any atom is -0.391 e. The van der Waals surface area contributed by atoms with Crippen molar-refractivity contribution in [1.82, 2.24) is 5.32 Å². The summed E-state index contributed by atoms with van der Waals surface area (Å²) in [5.41, 5.74) is 2.34. The molecule has 0 radical (unpaired) electrons. The van der Waals surface area contributed by atoms with Crippen molar-refractivity contribution in [3.8, 4) is 0 Å². The normalized spacial score (nSPS) is 8.31. The molecular formula is C10H21NS2. The van der Waals surface area contributed by atoms with E-state index in [1.54, 1.807) is 11.8 Å². The molecule has 0 saturated heterocycles. The van der Waals surface area contributed by atoms with Gasteiger partial charge in [-0.25, -0.2) is 0 Å². The van der Waals surface area contributed by atoms with E-state index in [2.05, 4.69) is 31.0 Å². The Labute approximate surface area is 91.4 Å². The first-order valence-corrected chi connectivity index (χ1v) is 6.85. The van der Waals surface area contributed by atoms with Gasteiger partial charge in [-0.05, 0) is 19.4 Å². The predicted molar refractivity (Wildman–Crippen MR) is 69.8 cm³/mol. The van der Waals surface area contributed by atoms with Gasteiger partial charge in [0, 0.05) is 24.3 Å². The van der Waals surface area contributed by atoms with Crippen molar-refractivity contribution < 1.29 is 0 Å². The molecule has 0 spiro atoms. The van der Waals surface area contributed by atoms with Crippen LogP contribution in [0.5, 0.6) is 0 Å². The van der Waals surface area contributed by atoms with Gasteiger partial charge in [0.15, 0.2) is 0 Å². The third-order valence-corrected chi connectivity index (χ3v) is 2.48. The lowest BCUT2D eigenvalue weighted by atomic mass is 10.4. The average molecular weight is 219 g/mol. The molecule has 13 heavy (non-hydrogen) atoms. The van der Waals surface area contributed by atoms with E-state index in [1.807, 2.05) is 25.7 Å². The molecule has 3 heteroatoms. The monoisotopic (exact) mass is 219 g/mol. The van der Waals surface area contributed by atoms with Gasteiger partial charge < -0.3 is 5.32 Å². The van der Waals surface area contributed by atoms with E-state index in [-0.39, 0.29) is 0 Å². The first-order valence-electron chi connectivity index (χ1n) is 4.06. The van der Waals surface area contributed by atoms with Crippen LogP contribution in [0.1, 0.15) is 6.92 Å². The highest BCUT2D eigenvalue weighted by Gasteiger charge is 1.82. The van der Waals surface area contributed by atoms with E-state index >= 15 is 0 Å². The zero-order valence-corrected chi connectivity index (χ0v) is 10.8. The highest BCUT2D eigenvalue weighted by Crippen LogP contribution is 1.97. The molecule has 0 aliphatic carbocycles. The Morgan fingerprint density at radius 2 is 1.62 bits per heavy atom. The minimum absolute atomic E-state index is 1.01. The first-order chi connectivity index (χ1) is 6.08. The second kappa shape index (κ2) is 12.0. The summed E-state index contributed by atoms with van der Waals surface area (Å²) in [4.78, 5) is 0. The summed E-state index contributed by atoms with van der Waals surface area (Å²) in [6.45, 7) is 9.49. The van der Waals surface area contributed by atoms with Crippen LogP contribution in [0, 0.1) is 0 Å². The lowest BCUT2D eigenvalue weighted by Crippen LogP contribution is -2.05. The summed E-state index contributed by atoms with van der Waals surface area (Å²) in [7, 11) is 1.89. The highest BCUT2D eigenvalue weighted by molar-refractivity contribution is 7.98. The Hall–Kier alpha value is -0.0200. The quantitative estimate of drug-likeness (QED) is 0.714. The van der Waals surface area contributed by atoms with Crippen LogP contribution in [-0.2, 0) is 0 Å². The van der Waals surface area contributed by atoms with Crippen LogP contribution in [-0.4, -0.2) is 31.1 Å². The van der Waals surface area contributed by atoms with Crippen molar-refractivity contribution in [2.24, 2.45) is 0 Å². The molecule has 0 aliphatic heterocycles. The topological polar surface area (TPSA) is 12.0 Å². The van der Waals surface area contributed by atoms with Crippen LogP contribution >= 0.6 is 23.5 Å². The van der Waals surface area contributed by atoms with Crippen molar-refractivity contribution in [3.63, 3.8) is 0 Å². The molecule has 0 aromatic rings. The third kappa shape index (κ3) is 18.7. The SMILES string of the molecule is C=C(C)CSC.C=C(CSC)NC. The van der Waals surface area contributed by atoms with Crippen LogP contribution in [0.25, 0.3) is 0 Å². The molecule has 0 fully saturated rings. The van der Waals surface area contributed by atoms with Crippen molar-refractivity contribution >= 4 is 23.5 Å². The summed E-state index contributed by atoms with van der Waals surface area (Å²) in [5.74, 6) is 2.11. The van der Waals surface area contributed by atoms with Crippen molar-refractivity contribution in [3.05, 3.63) is 24.4 Å². The molecule has 0 saturated carbocycles. The molecule has 0 heterocycles. The van der Waals surface area contributed by atoms with E-state index in [0.717, 1.165) is 17.2 Å². The molecule has 0 amide bonds. The summed E-state index contributed by atoms with van der Waals surface area (Å²) < 4.78 is 0. The van der Waals surface area contributed by atoms with E-state index in [0.29, 0.717) is 0 Å². The van der Waals surface area contributed by atoms with Crippen molar-refractivity contribution in [2.45, 2.75) is 6.92 Å². The first kappa shape index (κ1) is 15.5. The molecule has 0 aliphatic rings. The molecule has 0 aromatic heterocycles. The van der Waals surface area contributed by atoms with Gasteiger partial charge in [-0.2, -0.15) is 23.5 Å². The Bertz CT molecular complexity index is 144. The van der Waals surface area contributed by atoms with Gasteiger partial charge in [0.25, 0.3) is 0 Å². The van der Waals surface area contributed by atoms with Crippen LogP contribution in [0.4, 0.5) is 0 Å². The number of thioether (sulfide) groups is 2. The highest BCUT2D eigenvalue weighted by atomic mass is 32.2. The Kier molecular flexibility index (Phi) is 14.2. The number of nitrogens with one attached hydrogen (secondary N) is 1.